The highest BCUT2D eigenvalue weighted by atomic mass is 32.2. The maximum Gasteiger partial charge on any atom is 0.307 e. The van der Waals surface area contributed by atoms with E-state index in [1.165, 1.54) is 32.1 Å². The van der Waals surface area contributed by atoms with Gasteiger partial charge in [-0.3, -0.25) is 4.79 Å². The van der Waals surface area contributed by atoms with Crippen LogP contribution in [-0.2, 0) is 21.5 Å². The molecule has 0 saturated heterocycles. The van der Waals surface area contributed by atoms with Crippen LogP contribution in [0.15, 0.2) is 4.52 Å². The first-order valence-electron chi connectivity index (χ1n) is 12.0. The fourth-order valence-corrected chi connectivity index (χ4v) is 5.97. The van der Waals surface area contributed by atoms with Crippen molar-refractivity contribution in [3.63, 3.8) is 0 Å². The molecule has 2 rings (SSSR count). The standard InChI is InChI=1S/C23H42N4O5S/c1-22(2,3)19(21(28)29)17(14-10-13-16-11-8-7-9-12-16)20-25-18(26-32-20)15-24-33(30,31)27-23(4,5)6/h16-17,19,24,27H,7-15H2,1-6H3,(H,28,29)/t17-,19?/m1/s1. The van der Waals surface area contributed by atoms with E-state index in [9.17, 15) is 18.3 Å². The molecule has 9 nitrogen and oxygen atoms in total. The minimum absolute atomic E-state index is 0.142. The second kappa shape index (κ2) is 11.3. The number of carboxylic acids is 1. The quantitative estimate of drug-likeness (QED) is 0.422. The van der Waals surface area contributed by atoms with Gasteiger partial charge in [0.05, 0.1) is 18.4 Å². The zero-order valence-corrected chi connectivity index (χ0v) is 21.8. The van der Waals surface area contributed by atoms with E-state index in [1.54, 1.807) is 20.8 Å². The lowest BCUT2D eigenvalue weighted by atomic mass is 9.71. The van der Waals surface area contributed by atoms with Gasteiger partial charge in [0.25, 0.3) is 10.2 Å². The molecule has 0 bridgehead atoms. The number of nitrogens with zero attached hydrogens (tertiary/aromatic N) is 2. The van der Waals surface area contributed by atoms with Gasteiger partial charge in [0.2, 0.25) is 5.89 Å². The molecule has 1 aliphatic rings. The Kier molecular flexibility index (Phi) is 9.47. The molecule has 10 heteroatoms. The highest BCUT2D eigenvalue weighted by molar-refractivity contribution is 7.87. The van der Waals surface area contributed by atoms with Crippen molar-refractivity contribution in [1.82, 2.24) is 19.6 Å². The largest absolute Gasteiger partial charge is 0.481 e. The van der Waals surface area contributed by atoms with E-state index in [2.05, 4.69) is 19.6 Å². The second-order valence-corrected chi connectivity index (χ2v) is 12.9. The van der Waals surface area contributed by atoms with Gasteiger partial charge in [-0.2, -0.15) is 22.8 Å². The molecule has 2 atom stereocenters. The molecule has 190 valence electrons. The summed E-state index contributed by atoms with van der Waals surface area (Å²) in [5.41, 5.74) is -1.13. The van der Waals surface area contributed by atoms with Crippen LogP contribution < -0.4 is 9.44 Å². The van der Waals surface area contributed by atoms with Crippen molar-refractivity contribution in [2.45, 2.75) is 111 Å². The average molecular weight is 487 g/mol. The number of carboxylic acid groups (broad SMARTS) is 1. The van der Waals surface area contributed by atoms with Crippen molar-refractivity contribution in [1.29, 1.82) is 0 Å². The second-order valence-electron chi connectivity index (χ2n) is 11.4. The van der Waals surface area contributed by atoms with Crippen LogP contribution in [0.2, 0.25) is 0 Å². The number of rotatable bonds is 11. The van der Waals surface area contributed by atoms with Crippen molar-refractivity contribution in [3.8, 4) is 0 Å². The van der Waals surface area contributed by atoms with Crippen molar-refractivity contribution < 1.29 is 22.8 Å². The Balaban J connectivity index is 2.13. The average Bonchev–Trinajstić information content (AvgIpc) is 3.12. The molecule has 1 unspecified atom stereocenters. The van der Waals surface area contributed by atoms with Gasteiger partial charge in [-0.05, 0) is 38.5 Å². The molecule has 1 aliphatic carbocycles. The number of nitrogens with one attached hydrogen (secondary N) is 2. The molecule has 0 spiro atoms. The number of hydrogen-bond donors (Lipinski definition) is 3. The summed E-state index contributed by atoms with van der Waals surface area (Å²) in [7, 11) is -3.74. The number of aromatic nitrogens is 2. The van der Waals surface area contributed by atoms with Crippen molar-refractivity contribution in [2.75, 3.05) is 0 Å². The van der Waals surface area contributed by atoms with Crippen molar-refractivity contribution in [3.05, 3.63) is 11.7 Å². The van der Waals surface area contributed by atoms with E-state index in [0.29, 0.717) is 12.3 Å². The minimum Gasteiger partial charge on any atom is -0.481 e. The summed E-state index contributed by atoms with van der Waals surface area (Å²) in [5.74, 6) is -0.869. The van der Waals surface area contributed by atoms with Gasteiger partial charge in [-0.25, -0.2) is 0 Å². The van der Waals surface area contributed by atoms with Crippen LogP contribution >= 0.6 is 0 Å². The summed E-state index contributed by atoms with van der Waals surface area (Å²) < 4.78 is 34.8. The van der Waals surface area contributed by atoms with Gasteiger partial charge >= 0.3 is 5.97 Å². The van der Waals surface area contributed by atoms with E-state index in [4.69, 9.17) is 4.52 Å². The third-order valence-electron chi connectivity index (χ3n) is 6.12. The molecule has 33 heavy (non-hydrogen) atoms. The molecular weight excluding hydrogens is 444 g/mol. The lowest BCUT2D eigenvalue weighted by Gasteiger charge is -2.32. The maximum absolute atomic E-state index is 12.2. The highest BCUT2D eigenvalue weighted by Gasteiger charge is 2.41. The Bertz CT molecular complexity index is 864. The number of aliphatic carboxylic acids is 1. The van der Waals surface area contributed by atoms with E-state index in [-0.39, 0.29) is 18.3 Å². The van der Waals surface area contributed by atoms with Gasteiger partial charge in [0.15, 0.2) is 5.82 Å². The Labute approximate surface area is 198 Å². The Morgan fingerprint density at radius 2 is 1.79 bits per heavy atom. The Morgan fingerprint density at radius 3 is 2.33 bits per heavy atom. The van der Waals surface area contributed by atoms with Gasteiger partial charge in [0.1, 0.15) is 0 Å². The van der Waals surface area contributed by atoms with E-state index >= 15 is 0 Å². The van der Waals surface area contributed by atoms with Crippen LogP contribution in [0.3, 0.4) is 0 Å². The summed E-state index contributed by atoms with van der Waals surface area (Å²) in [5, 5.41) is 13.9. The fourth-order valence-electron chi connectivity index (χ4n) is 4.77. The molecule has 1 aromatic rings. The first-order valence-corrected chi connectivity index (χ1v) is 13.5. The lowest BCUT2D eigenvalue weighted by Crippen LogP contribution is -2.46. The topological polar surface area (TPSA) is 134 Å². The predicted molar refractivity (Wildman–Crippen MR) is 127 cm³/mol. The highest BCUT2D eigenvalue weighted by Crippen LogP contribution is 2.41. The maximum atomic E-state index is 12.2. The van der Waals surface area contributed by atoms with Gasteiger partial charge in [0, 0.05) is 5.54 Å². The molecule has 1 fully saturated rings. The lowest BCUT2D eigenvalue weighted by molar-refractivity contribution is -0.147. The molecule has 0 radical (unpaired) electrons. The Morgan fingerprint density at radius 1 is 1.15 bits per heavy atom. The molecule has 1 saturated carbocycles. The first kappa shape index (κ1) is 27.7. The zero-order chi connectivity index (χ0) is 24.9. The van der Waals surface area contributed by atoms with Gasteiger partial charge in [-0.1, -0.05) is 70.9 Å². The van der Waals surface area contributed by atoms with Crippen LogP contribution in [0, 0.1) is 17.3 Å². The van der Waals surface area contributed by atoms with E-state index < -0.39 is 39.0 Å². The summed E-state index contributed by atoms with van der Waals surface area (Å²) in [6.45, 7) is 10.8. The SMILES string of the molecule is CC(C)(C)NS(=O)(=O)NCc1noc([C@H](CCCC2CCCCC2)C(C(=O)O)C(C)(C)C)n1. The third kappa shape index (κ3) is 9.33. The van der Waals surface area contributed by atoms with Crippen LogP contribution in [0.4, 0.5) is 0 Å². The molecule has 0 aromatic carbocycles. The number of carbonyl (C=O) groups is 1. The monoisotopic (exact) mass is 486 g/mol. The molecule has 1 aromatic heterocycles. The van der Waals surface area contributed by atoms with Crippen LogP contribution in [0.1, 0.15) is 111 Å². The molecule has 3 N–H and O–H groups in total. The van der Waals surface area contributed by atoms with Gasteiger partial charge < -0.3 is 9.63 Å². The Hall–Kier alpha value is -1.52. The molecule has 0 aliphatic heterocycles. The fraction of sp³-hybridized carbons (Fsp3) is 0.870. The summed E-state index contributed by atoms with van der Waals surface area (Å²) in [4.78, 5) is 16.6. The van der Waals surface area contributed by atoms with Crippen LogP contribution in [0.25, 0.3) is 0 Å². The molecule has 0 amide bonds. The smallest absolute Gasteiger partial charge is 0.307 e. The molecule has 1 heterocycles. The number of hydrogen-bond acceptors (Lipinski definition) is 6. The zero-order valence-electron chi connectivity index (χ0n) is 21.0. The van der Waals surface area contributed by atoms with Crippen LogP contribution in [-0.4, -0.2) is 35.2 Å². The van der Waals surface area contributed by atoms with Crippen molar-refractivity contribution >= 4 is 16.2 Å². The minimum atomic E-state index is -3.74. The molecular formula is C23H42N4O5S. The normalized spacial score (nSPS) is 18.2. The third-order valence-corrected chi connectivity index (χ3v) is 7.52. The van der Waals surface area contributed by atoms with Crippen LogP contribution in [0.5, 0.6) is 0 Å². The predicted octanol–water partition coefficient (Wildman–Crippen LogP) is 4.37. The van der Waals surface area contributed by atoms with Crippen molar-refractivity contribution in [2.24, 2.45) is 17.3 Å². The van der Waals surface area contributed by atoms with E-state index in [0.717, 1.165) is 12.8 Å². The van der Waals surface area contributed by atoms with Gasteiger partial charge in [-0.15, -0.1) is 0 Å². The summed E-state index contributed by atoms with van der Waals surface area (Å²) in [6.07, 6.45) is 8.98. The first-order chi connectivity index (χ1) is 15.2. The summed E-state index contributed by atoms with van der Waals surface area (Å²) >= 11 is 0. The summed E-state index contributed by atoms with van der Waals surface area (Å²) in [6, 6.07) is 0. The van der Waals surface area contributed by atoms with E-state index in [1.807, 2.05) is 20.8 Å².